The Morgan fingerprint density at radius 3 is 2.50 bits per heavy atom. The summed E-state index contributed by atoms with van der Waals surface area (Å²) in [5.74, 6) is 1.55. The summed E-state index contributed by atoms with van der Waals surface area (Å²) < 4.78 is 14.1. The highest BCUT2D eigenvalue weighted by atomic mass is 79.9. The van der Waals surface area contributed by atoms with Gasteiger partial charge in [0.2, 0.25) is 6.54 Å². The number of hydrogen-bond donors (Lipinski definition) is 0. The third-order valence-corrected chi connectivity index (χ3v) is 8.02. The topological polar surface area (TPSA) is 92.3 Å². The van der Waals surface area contributed by atoms with Gasteiger partial charge in [-0.1, -0.05) is 58.7 Å². The SMILES string of the molecule is COc1cc([C@H](C[N+](=O)[O-])Sc2nnc(C)n2-c2ccc(C)cc2)cc(Br)c1OCc1ccc(Cl)cc1Cl. The Kier molecular flexibility index (Phi) is 9.19. The Labute approximate surface area is 242 Å². The smallest absolute Gasteiger partial charge is 0.220 e. The number of hydrogen-bond acceptors (Lipinski definition) is 7. The molecule has 198 valence electrons. The van der Waals surface area contributed by atoms with Crippen molar-refractivity contribution in [3.05, 3.63) is 102 Å². The fourth-order valence-electron chi connectivity index (χ4n) is 3.74. The van der Waals surface area contributed by atoms with Crippen LogP contribution in [0, 0.1) is 24.0 Å². The van der Waals surface area contributed by atoms with Crippen LogP contribution in [0.3, 0.4) is 0 Å². The van der Waals surface area contributed by atoms with Gasteiger partial charge in [0.05, 0.1) is 11.6 Å². The van der Waals surface area contributed by atoms with Gasteiger partial charge < -0.3 is 9.47 Å². The van der Waals surface area contributed by atoms with Gasteiger partial charge in [-0.15, -0.1) is 10.2 Å². The molecule has 1 atom stereocenters. The standard InChI is InChI=1S/C26H23BrCl2N4O4S/c1-15-4-8-20(9-5-15)33-16(2)30-31-26(33)38-24(13-32(34)35)18-10-21(27)25(23(11-18)36-3)37-14-17-6-7-19(28)12-22(17)29/h4-12,24H,13-14H2,1-3H3/t24-/m0/s1. The first-order chi connectivity index (χ1) is 18.2. The Bertz CT molecular complexity index is 1470. The Hall–Kier alpha value is -2.79. The summed E-state index contributed by atoms with van der Waals surface area (Å²) in [5, 5.41) is 21.2. The lowest BCUT2D eigenvalue weighted by Gasteiger charge is -2.18. The molecule has 0 aliphatic rings. The van der Waals surface area contributed by atoms with Crippen LogP contribution < -0.4 is 9.47 Å². The predicted molar refractivity (Wildman–Crippen MR) is 153 cm³/mol. The van der Waals surface area contributed by atoms with Gasteiger partial charge in [0.1, 0.15) is 17.7 Å². The fraction of sp³-hybridized carbons (Fsp3) is 0.231. The molecule has 3 aromatic carbocycles. The highest BCUT2D eigenvalue weighted by Crippen LogP contribution is 2.43. The van der Waals surface area contributed by atoms with E-state index in [1.165, 1.54) is 18.9 Å². The van der Waals surface area contributed by atoms with E-state index in [-0.39, 0.29) is 18.1 Å². The molecule has 0 aliphatic heterocycles. The second-order valence-electron chi connectivity index (χ2n) is 8.38. The van der Waals surface area contributed by atoms with Crippen molar-refractivity contribution in [3.8, 4) is 17.2 Å². The zero-order chi connectivity index (χ0) is 27.4. The van der Waals surface area contributed by atoms with E-state index < -0.39 is 5.25 Å². The molecule has 12 heteroatoms. The number of ether oxygens (including phenoxy) is 2. The van der Waals surface area contributed by atoms with Gasteiger partial charge in [0.25, 0.3) is 0 Å². The van der Waals surface area contributed by atoms with Crippen LogP contribution in [0.15, 0.2) is 64.2 Å². The molecule has 0 radical (unpaired) electrons. The minimum Gasteiger partial charge on any atom is -0.493 e. The first-order valence-corrected chi connectivity index (χ1v) is 13.8. The minimum atomic E-state index is -0.581. The van der Waals surface area contributed by atoms with E-state index in [1.54, 1.807) is 30.3 Å². The van der Waals surface area contributed by atoms with Crippen LogP contribution in [-0.4, -0.2) is 33.3 Å². The summed E-state index contributed by atoms with van der Waals surface area (Å²) in [6.07, 6.45) is 0. The van der Waals surface area contributed by atoms with Gasteiger partial charge in [-0.25, -0.2) is 0 Å². The molecule has 0 N–H and O–H groups in total. The number of halogens is 3. The molecule has 38 heavy (non-hydrogen) atoms. The molecule has 0 aliphatic carbocycles. The van der Waals surface area contributed by atoms with Crippen LogP contribution in [0.5, 0.6) is 11.5 Å². The van der Waals surface area contributed by atoms with Crippen LogP contribution in [-0.2, 0) is 6.61 Å². The third-order valence-electron chi connectivity index (χ3n) is 5.66. The summed E-state index contributed by atoms with van der Waals surface area (Å²) in [6.45, 7) is 3.70. The zero-order valence-electron chi connectivity index (χ0n) is 20.7. The molecule has 0 bridgehead atoms. The van der Waals surface area contributed by atoms with Crippen molar-refractivity contribution in [1.82, 2.24) is 14.8 Å². The fourth-order valence-corrected chi connectivity index (χ4v) is 5.93. The first kappa shape index (κ1) is 28.2. The average molecular weight is 638 g/mol. The number of thioether (sulfide) groups is 1. The highest BCUT2D eigenvalue weighted by molar-refractivity contribution is 9.10. The molecule has 0 saturated heterocycles. The Morgan fingerprint density at radius 2 is 1.84 bits per heavy atom. The summed E-state index contributed by atoms with van der Waals surface area (Å²) in [4.78, 5) is 11.3. The number of nitro groups is 1. The summed E-state index contributed by atoms with van der Waals surface area (Å²) in [6, 6.07) is 16.6. The van der Waals surface area contributed by atoms with Crippen molar-refractivity contribution in [2.45, 2.75) is 30.9 Å². The summed E-state index contributed by atoms with van der Waals surface area (Å²) in [5.41, 5.74) is 3.42. The van der Waals surface area contributed by atoms with Crippen LogP contribution in [0.2, 0.25) is 10.0 Å². The van der Waals surface area contributed by atoms with E-state index >= 15 is 0 Å². The molecule has 1 heterocycles. The molecule has 0 saturated carbocycles. The maximum absolute atomic E-state index is 11.7. The summed E-state index contributed by atoms with van der Waals surface area (Å²) in [7, 11) is 1.51. The first-order valence-electron chi connectivity index (χ1n) is 11.4. The number of rotatable bonds is 10. The van der Waals surface area contributed by atoms with Crippen LogP contribution in [0.25, 0.3) is 5.69 Å². The van der Waals surface area contributed by atoms with Crippen molar-refractivity contribution in [2.75, 3.05) is 13.7 Å². The van der Waals surface area contributed by atoms with Crippen molar-refractivity contribution in [2.24, 2.45) is 0 Å². The molecule has 8 nitrogen and oxygen atoms in total. The van der Waals surface area contributed by atoms with Crippen molar-refractivity contribution < 1.29 is 14.4 Å². The lowest BCUT2D eigenvalue weighted by Crippen LogP contribution is -2.12. The quantitative estimate of drug-likeness (QED) is 0.100. The number of aromatic nitrogens is 3. The molecule has 0 spiro atoms. The molecule has 1 aromatic heterocycles. The molecule has 0 unspecified atom stereocenters. The van der Waals surface area contributed by atoms with Gasteiger partial charge in [-0.2, -0.15) is 0 Å². The van der Waals surface area contributed by atoms with E-state index in [1.807, 2.05) is 42.7 Å². The maximum atomic E-state index is 11.7. The predicted octanol–water partition coefficient (Wildman–Crippen LogP) is 7.65. The van der Waals surface area contributed by atoms with Crippen LogP contribution in [0.4, 0.5) is 0 Å². The minimum absolute atomic E-state index is 0.177. The second-order valence-corrected chi connectivity index (χ2v) is 11.2. The molecule has 0 amide bonds. The lowest BCUT2D eigenvalue weighted by molar-refractivity contribution is -0.479. The molecule has 0 fully saturated rings. The zero-order valence-corrected chi connectivity index (χ0v) is 24.6. The van der Waals surface area contributed by atoms with Gasteiger partial charge in [0.15, 0.2) is 16.7 Å². The largest absolute Gasteiger partial charge is 0.493 e. The van der Waals surface area contributed by atoms with E-state index in [9.17, 15) is 10.1 Å². The van der Waals surface area contributed by atoms with Gasteiger partial charge in [-0.05, 0) is 71.7 Å². The molecular weight excluding hydrogens is 615 g/mol. The van der Waals surface area contributed by atoms with Crippen molar-refractivity contribution in [1.29, 1.82) is 0 Å². The average Bonchev–Trinajstić information content (AvgIpc) is 3.23. The van der Waals surface area contributed by atoms with Crippen LogP contribution in [0.1, 0.15) is 27.8 Å². The highest BCUT2D eigenvalue weighted by Gasteiger charge is 2.26. The number of benzene rings is 3. The van der Waals surface area contributed by atoms with Crippen molar-refractivity contribution in [3.63, 3.8) is 0 Å². The lowest BCUT2D eigenvalue weighted by atomic mass is 10.1. The number of methoxy groups -OCH3 is 1. The molecule has 4 rings (SSSR count). The number of aryl methyl sites for hydroxylation is 2. The maximum Gasteiger partial charge on any atom is 0.220 e. The second kappa shape index (κ2) is 12.4. The Morgan fingerprint density at radius 1 is 1.11 bits per heavy atom. The van der Waals surface area contributed by atoms with Crippen LogP contribution >= 0.6 is 50.9 Å². The third kappa shape index (κ3) is 6.61. The van der Waals surface area contributed by atoms with Crippen molar-refractivity contribution >= 4 is 50.9 Å². The Balaban J connectivity index is 1.65. The van der Waals surface area contributed by atoms with E-state index in [4.69, 9.17) is 32.7 Å². The van der Waals surface area contributed by atoms with E-state index in [2.05, 4.69) is 26.1 Å². The van der Waals surface area contributed by atoms with Gasteiger partial charge >= 0.3 is 0 Å². The number of nitrogens with zero attached hydrogens (tertiary/aromatic N) is 4. The van der Waals surface area contributed by atoms with Gasteiger partial charge in [0, 0.05) is 26.2 Å². The molecular formula is C26H23BrCl2N4O4S. The van der Waals surface area contributed by atoms with Gasteiger partial charge in [-0.3, -0.25) is 14.7 Å². The monoisotopic (exact) mass is 636 g/mol. The van der Waals surface area contributed by atoms with E-state index in [0.29, 0.717) is 42.6 Å². The van der Waals surface area contributed by atoms with E-state index in [0.717, 1.165) is 16.8 Å². The molecule has 4 aromatic rings. The normalized spacial score (nSPS) is 11.8. The summed E-state index contributed by atoms with van der Waals surface area (Å²) >= 11 is 17.1.